The van der Waals surface area contributed by atoms with Gasteiger partial charge >= 0.3 is 0 Å². The molecule has 1 rings (SSSR count). The number of benzene rings is 1. The summed E-state index contributed by atoms with van der Waals surface area (Å²) < 4.78 is 64.0. The Morgan fingerprint density at radius 2 is 1.11 bits per heavy atom. The molecular formula is C17H23F4O5S2-. The van der Waals surface area contributed by atoms with Crippen molar-refractivity contribution in [2.45, 2.75) is 67.6 Å². The summed E-state index contributed by atoms with van der Waals surface area (Å²) >= 11 is -0.0480. The fourth-order valence-electron chi connectivity index (χ4n) is 2.40. The second-order valence-corrected chi connectivity index (χ2v) is 7.47. The van der Waals surface area contributed by atoms with E-state index < -0.39 is 33.1 Å². The summed E-state index contributed by atoms with van der Waals surface area (Å²) in [6.45, 7) is 0.409. The molecule has 0 saturated heterocycles. The largest absolute Gasteiger partial charge is 0.691 e. The van der Waals surface area contributed by atoms with Gasteiger partial charge in [-0.15, -0.1) is 0 Å². The van der Waals surface area contributed by atoms with E-state index in [9.17, 15) is 22.8 Å². The lowest BCUT2D eigenvalue weighted by Gasteiger charge is -2.11. The fourth-order valence-corrected chi connectivity index (χ4v) is 3.46. The van der Waals surface area contributed by atoms with E-state index in [1.54, 1.807) is 0 Å². The first-order valence-electron chi connectivity index (χ1n) is 8.94. The molecule has 5 nitrogen and oxygen atoms in total. The van der Waals surface area contributed by atoms with Gasteiger partial charge in [0.05, 0.1) is 18.6 Å². The Labute approximate surface area is 170 Å². The first kappa shape index (κ1) is 25.5. The zero-order chi connectivity index (χ0) is 20.8. The lowest BCUT2D eigenvalue weighted by Crippen LogP contribution is -2.05. The molecule has 0 radical (unpaired) electrons. The first-order chi connectivity index (χ1) is 13.5. The highest BCUT2D eigenvalue weighted by molar-refractivity contribution is 7.95. The van der Waals surface area contributed by atoms with E-state index in [0.29, 0.717) is 6.42 Å². The molecule has 0 aliphatic rings. The molecule has 162 valence electrons. The Balaban J connectivity index is 2.28. The van der Waals surface area contributed by atoms with E-state index in [2.05, 4.69) is 9.37 Å². The van der Waals surface area contributed by atoms with Crippen LogP contribution in [-0.4, -0.2) is 18.3 Å². The molecule has 0 bridgehead atoms. The number of unbranched alkanes of at least 4 members (excludes halogenated alkanes) is 8. The van der Waals surface area contributed by atoms with Gasteiger partial charge < -0.3 is 14.5 Å². The van der Waals surface area contributed by atoms with Gasteiger partial charge in [-0.3, -0.25) is 5.04 Å². The van der Waals surface area contributed by atoms with Gasteiger partial charge in [-0.25, -0.2) is 17.6 Å². The van der Waals surface area contributed by atoms with Gasteiger partial charge in [-0.05, 0) is 12.8 Å². The van der Waals surface area contributed by atoms with Crippen LogP contribution in [-0.2, 0) is 13.6 Å². The van der Waals surface area contributed by atoms with Crippen molar-refractivity contribution in [3.05, 3.63) is 23.3 Å². The van der Waals surface area contributed by atoms with Gasteiger partial charge in [0.1, 0.15) is 9.79 Å². The molecule has 0 saturated carbocycles. The third-order valence-corrected chi connectivity index (χ3v) is 5.31. The molecule has 1 aromatic carbocycles. The van der Waals surface area contributed by atoms with Gasteiger partial charge in [0.25, 0.3) is 0 Å². The van der Waals surface area contributed by atoms with Crippen LogP contribution < -0.4 is 5.26 Å². The predicted molar refractivity (Wildman–Crippen MR) is 94.7 cm³/mol. The molecule has 0 aliphatic heterocycles. The molecule has 0 aliphatic carbocycles. The summed E-state index contributed by atoms with van der Waals surface area (Å²) in [5, 5.41) is 21.3. The second-order valence-electron chi connectivity index (χ2n) is 5.94. The number of aliphatic hydroxyl groups is 1. The molecule has 1 aromatic rings. The summed E-state index contributed by atoms with van der Waals surface area (Å²) in [7, 11) is 0. The van der Waals surface area contributed by atoms with Crippen molar-refractivity contribution in [1.82, 2.24) is 0 Å². The van der Waals surface area contributed by atoms with Gasteiger partial charge in [0.2, 0.25) is 0 Å². The monoisotopic (exact) mass is 447 g/mol. The van der Waals surface area contributed by atoms with Crippen molar-refractivity contribution in [3.63, 3.8) is 0 Å². The SMILES string of the molecule is [O-]OOSc1c(F)c(F)c(SOCCCCCCCCCCCO)c(F)c1F. The van der Waals surface area contributed by atoms with Crippen molar-refractivity contribution < 1.29 is 41.5 Å². The summed E-state index contributed by atoms with van der Waals surface area (Å²) in [6, 6.07) is 0. The van der Waals surface area contributed by atoms with E-state index in [4.69, 9.17) is 9.29 Å². The highest BCUT2D eigenvalue weighted by atomic mass is 32.2. The van der Waals surface area contributed by atoms with Crippen LogP contribution in [0.3, 0.4) is 0 Å². The van der Waals surface area contributed by atoms with E-state index >= 15 is 0 Å². The Bertz CT molecular complexity index is 552. The Morgan fingerprint density at radius 1 is 0.679 bits per heavy atom. The minimum absolute atomic E-state index is 0.174. The highest BCUT2D eigenvalue weighted by Crippen LogP contribution is 2.36. The molecule has 1 N–H and O–H groups in total. The Morgan fingerprint density at radius 3 is 1.57 bits per heavy atom. The minimum atomic E-state index is -1.70. The van der Waals surface area contributed by atoms with Gasteiger partial charge in [0, 0.05) is 18.6 Å². The highest BCUT2D eigenvalue weighted by Gasteiger charge is 2.27. The van der Waals surface area contributed by atoms with Crippen LogP contribution >= 0.6 is 24.1 Å². The van der Waals surface area contributed by atoms with Crippen LogP contribution in [0.2, 0.25) is 0 Å². The van der Waals surface area contributed by atoms with E-state index in [1.165, 1.54) is 0 Å². The third-order valence-electron chi connectivity index (χ3n) is 3.86. The summed E-state index contributed by atoms with van der Waals surface area (Å²) in [4.78, 5) is -2.10. The van der Waals surface area contributed by atoms with Crippen molar-refractivity contribution >= 4 is 24.1 Å². The van der Waals surface area contributed by atoms with Crippen LogP contribution in [0.15, 0.2) is 9.79 Å². The lowest BCUT2D eigenvalue weighted by atomic mass is 10.1. The molecule has 11 heteroatoms. The fraction of sp³-hybridized carbons (Fsp3) is 0.647. The van der Waals surface area contributed by atoms with Crippen LogP contribution in [0, 0.1) is 23.3 Å². The van der Waals surface area contributed by atoms with Crippen molar-refractivity contribution in [2.75, 3.05) is 13.2 Å². The molecule has 0 fully saturated rings. The van der Waals surface area contributed by atoms with Gasteiger partial charge in [-0.2, -0.15) is 4.33 Å². The topological polar surface area (TPSA) is 71.0 Å². The van der Waals surface area contributed by atoms with Crippen LogP contribution in [0.4, 0.5) is 17.6 Å². The first-order valence-corrected chi connectivity index (χ1v) is 10.4. The average molecular weight is 447 g/mol. The molecule has 0 unspecified atom stereocenters. The summed E-state index contributed by atoms with van der Waals surface area (Å²) in [5.41, 5.74) is 0. The van der Waals surface area contributed by atoms with E-state index in [1.807, 2.05) is 0 Å². The third kappa shape index (κ3) is 8.85. The second kappa shape index (κ2) is 15.3. The van der Waals surface area contributed by atoms with Crippen LogP contribution in [0.5, 0.6) is 0 Å². The molecular weight excluding hydrogens is 424 g/mol. The number of rotatable bonds is 16. The Kier molecular flexibility index (Phi) is 13.9. The van der Waals surface area contributed by atoms with Crippen molar-refractivity contribution in [2.24, 2.45) is 0 Å². The van der Waals surface area contributed by atoms with Crippen LogP contribution in [0.25, 0.3) is 0 Å². The lowest BCUT2D eigenvalue weighted by molar-refractivity contribution is -0.777. The standard InChI is InChI=1S/C17H24F4O5S2/c18-12-14(20)17(28-26-25-23)15(21)13(19)16(12)27-24-11-9-7-5-3-1-2-4-6-8-10-22/h22-23H,1-11H2/p-1. The normalized spacial score (nSPS) is 11.4. The summed E-state index contributed by atoms with van der Waals surface area (Å²) in [6.07, 6.45) is 8.81. The quantitative estimate of drug-likeness (QED) is 0.0955. The van der Waals surface area contributed by atoms with Crippen molar-refractivity contribution in [3.8, 4) is 0 Å². The van der Waals surface area contributed by atoms with Gasteiger partial charge in [-0.1, -0.05) is 44.9 Å². The number of aliphatic hydroxyl groups excluding tert-OH is 1. The van der Waals surface area contributed by atoms with E-state index in [0.717, 1.165) is 51.4 Å². The molecule has 0 heterocycles. The molecule has 28 heavy (non-hydrogen) atoms. The van der Waals surface area contributed by atoms with Gasteiger partial charge in [0.15, 0.2) is 23.3 Å². The molecule has 0 amide bonds. The van der Waals surface area contributed by atoms with Crippen LogP contribution in [0.1, 0.15) is 57.8 Å². The summed E-state index contributed by atoms with van der Waals surface area (Å²) in [5.74, 6) is -6.68. The average Bonchev–Trinajstić information content (AvgIpc) is 2.69. The number of halogens is 4. The maximum Gasteiger partial charge on any atom is 0.179 e. The van der Waals surface area contributed by atoms with E-state index in [-0.39, 0.29) is 37.3 Å². The smallest absolute Gasteiger partial charge is 0.179 e. The molecule has 0 atom stereocenters. The van der Waals surface area contributed by atoms with Crippen molar-refractivity contribution in [1.29, 1.82) is 0 Å². The predicted octanol–water partition coefficient (Wildman–Crippen LogP) is 5.00. The minimum Gasteiger partial charge on any atom is -0.691 e. The molecule has 0 aromatic heterocycles. The Hall–Kier alpha value is -0.560. The maximum atomic E-state index is 13.9. The number of hydrogen-bond donors (Lipinski definition) is 1. The number of hydrogen-bond acceptors (Lipinski definition) is 7. The zero-order valence-electron chi connectivity index (χ0n) is 15.2. The molecule has 0 spiro atoms. The zero-order valence-corrected chi connectivity index (χ0v) is 16.8. The maximum absolute atomic E-state index is 13.9.